The van der Waals surface area contributed by atoms with Crippen LogP contribution in [0.1, 0.15) is 16.1 Å². The Kier molecular flexibility index (Phi) is 2.68. The summed E-state index contributed by atoms with van der Waals surface area (Å²) in [4.78, 5) is 16.0. The zero-order valence-corrected chi connectivity index (χ0v) is 9.63. The lowest BCUT2D eigenvalue weighted by Gasteiger charge is -2.02. The molecule has 0 unspecified atom stereocenters. The number of ketones is 1. The van der Waals surface area contributed by atoms with Crippen molar-refractivity contribution < 1.29 is 14.3 Å². The molecule has 0 saturated heterocycles. The Bertz CT molecular complexity index is 581. The van der Waals surface area contributed by atoms with Crippen molar-refractivity contribution in [1.82, 2.24) is 4.98 Å². The van der Waals surface area contributed by atoms with Gasteiger partial charge in [-0.25, -0.2) is 0 Å². The van der Waals surface area contributed by atoms with Gasteiger partial charge in [0.15, 0.2) is 17.3 Å². The Balaban J connectivity index is 1.79. The summed E-state index contributed by atoms with van der Waals surface area (Å²) in [6.07, 6.45) is 1.93. The van der Waals surface area contributed by atoms with Crippen LogP contribution in [0.4, 0.5) is 0 Å². The van der Waals surface area contributed by atoms with Crippen LogP contribution in [0.3, 0.4) is 0 Å². The average molecular weight is 241 g/mol. The van der Waals surface area contributed by atoms with E-state index >= 15 is 0 Å². The number of ether oxygens (including phenoxy) is 2. The smallest absolute Gasteiger partial charge is 0.231 e. The van der Waals surface area contributed by atoms with Crippen LogP contribution in [0.25, 0.3) is 0 Å². The Morgan fingerprint density at radius 1 is 1.17 bits per heavy atom. The summed E-state index contributed by atoms with van der Waals surface area (Å²) in [5.74, 6) is 1.42. The summed E-state index contributed by atoms with van der Waals surface area (Å²) < 4.78 is 10.5. The van der Waals surface area contributed by atoms with Gasteiger partial charge in [-0.05, 0) is 29.8 Å². The van der Waals surface area contributed by atoms with Gasteiger partial charge in [0.05, 0.1) is 0 Å². The van der Waals surface area contributed by atoms with Crippen LogP contribution in [0, 0.1) is 0 Å². The molecule has 3 rings (SSSR count). The van der Waals surface area contributed by atoms with Gasteiger partial charge in [-0.2, -0.15) is 0 Å². The molecule has 4 heteroatoms. The third-order valence-electron chi connectivity index (χ3n) is 2.75. The molecule has 4 nitrogen and oxygen atoms in total. The molecule has 0 atom stereocenters. The molecule has 2 heterocycles. The average Bonchev–Trinajstić information content (AvgIpc) is 2.87. The molecule has 1 aromatic heterocycles. The molecule has 18 heavy (non-hydrogen) atoms. The Morgan fingerprint density at radius 3 is 2.89 bits per heavy atom. The van der Waals surface area contributed by atoms with Crippen LogP contribution in [0.2, 0.25) is 0 Å². The van der Waals surface area contributed by atoms with Crippen LogP contribution in [0.5, 0.6) is 11.5 Å². The molecule has 0 bridgehead atoms. The minimum absolute atomic E-state index is 0.00512. The summed E-state index contributed by atoms with van der Waals surface area (Å²) in [5.41, 5.74) is 1.38. The number of fused-ring (bicyclic) bond motifs is 1. The number of hydrogen-bond acceptors (Lipinski definition) is 4. The molecular formula is C14H11NO3. The zero-order chi connectivity index (χ0) is 12.4. The maximum Gasteiger partial charge on any atom is 0.231 e. The van der Waals surface area contributed by atoms with E-state index in [1.165, 1.54) is 0 Å². The summed E-state index contributed by atoms with van der Waals surface area (Å²) in [6.45, 7) is 0.243. The fourth-order valence-corrected chi connectivity index (χ4v) is 1.85. The molecule has 0 spiro atoms. The normalized spacial score (nSPS) is 12.4. The molecule has 0 aliphatic carbocycles. The van der Waals surface area contributed by atoms with Crippen molar-refractivity contribution in [3.05, 3.63) is 53.9 Å². The lowest BCUT2D eigenvalue weighted by atomic mass is 10.1. The second-order valence-electron chi connectivity index (χ2n) is 4.00. The minimum atomic E-state index is -0.00512. The van der Waals surface area contributed by atoms with Crippen molar-refractivity contribution in [2.45, 2.75) is 6.42 Å². The van der Waals surface area contributed by atoms with Crippen LogP contribution < -0.4 is 9.47 Å². The number of carbonyl (C=O) groups is 1. The Hall–Kier alpha value is -2.36. The van der Waals surface area contributed by atoms with E-state index < -0.39 is 0 Å². The Labute approximate surface area is 104 Å². The molecule has 1 aliphatic heterocycles. The highest BCUT2D eigenvalue weighted by molar-refractivity contribution is 5.95. The number of aromatic nitrogens is 1. The maximum absolute atomic E-state index is 12.0. The lowest BCUT2D eigenvalue weighted by molar-refractivity contribution is 0.0988. The molecule has 1 aromatic carbocycles. The molecule has 90 valence electrons. The SMILES string of the molecule is O=C(Cc1ccc2c(c1)OCO2)c1ccccn1. The third kappa shape index (κ3) is 2.05. The van der Waals surface area contributed by atoms with Gasteiger partial charge >= 0.3 is 0 Å². The molecule has 0 N–H and O–H groups in total. The predicted octanol–water partition coefficient (Wildman–Crippen LogP) is 2.24. The largest absolute Gasteiger partial charge is 0.454 e. The molecular weight excluding hydrogens is 230 g/mol. The maximum atomic E-state index is 12.0. The van der Waals surface area contributed by atoms with Crippen molar-refractivity contribution in [1.29, 1.82) is 0 Å². The quantitative estimate of drug-likeness (QED) is 0.773. The van der Waals surface area contributed by atoms with E-state index in [0.29, 0.717) is 17.9 Å². The lowest BCUT2D eigenvalue weighted by Crippen LogP contribution is -2.05. The van der Waals surface area contributed by atoms with Crippen molar-refractivity contribution in [2.24, 2.45) is 0 Å². The monoisotopic (exact) mass is 241 g/mol. The highest BCUT2D eigenvalue weighted by Gasteiger charge is 2.15. The second-order valence-corrected chi connectivity index (χ2v) is 4.00. The summed E-state index contributed by atoms with van der Waals surface area (Å²) in [6, 6.07) is 10.8. The van der Waals surface area contributed by atoms with Crippen LogP contribution >= 0.6 is 0 Å². The van der Waals surface area contributed by atoms with Gasteiger partial charge in [0.25, 0.3) is 0 Å². The van der Waals surface area contributed by atoms with E-state index in [2.05, 4.69) is 4.98 Å². The molecule has 0 fully saturated rings. The first kappa shape index (κ1) is 10.8. The van der Waals surface area contributed by atoms with Crippen molar-refractivity contribution in [3.8, 4) is 11.5 Å². The molecule has 0 amide bonds. The van der Waals surface area contributed by atoms with Crippen molar-refractivity contribution >= 4 is 5.78 Å². The third-order valence-corrected chi connectivity index (χ3v) is 2.75. The summed E-state index contributed by atoms with van der Waals surface area (Å²) >= 11 is 0. The van der Waals surface area contributed by atoms with E-state index in [0.717, 1.165) is 11.3 Å². The summed E-state index contributed by atoms with van der Waals surface area (Å²) in [7, 11) is 0. The molecule has 1 aliphatic rings. The van der Waals surface area contributed by atoms with Crippen molar-refractivity contribution in [2.75, 3.05) is 6.79 Å². The highest BCUT2D eigenvalue weighted by Crippen LogP contribution is 2.32. The number of hydrogen-bond donors (Lipinski definition) is 0. The van der Waals surface area contributed by atoms with Crippen LogP contribution in [-0.2, 0) is 6.42 Å². The van der Waals surface area contributed by atoms with Gasteiger partial charge in [0, 0.05) is 12.6 Å². The standard InChI is InChI=1S/C14H11NO3/c16-12(11-3-1-2-6-15-11)7-10-4-5-13-14(8-10)18-9-17-13/h1-6,8H,7,9H2. The van der Waals surface area contributed by atoms with E-state index in [1.807, 2.05) is 18.2 Å². The second kappa shape index (κ2) is 4.49. The number of carbonyl (C=O) groups excluding carboxylic acids is 1. The number of pyridine rings is 1. The highest BCUT2D eigenvalue weighted by atomic mass is 16.7. The van der Waals surface area contributed by atoms with Gasteiger partial charge in [-0.15, -0.1) is 0 Å². The fraction of sp³-hybridized carbons (Fsp3) is 0.143. The van der Waals surface area contributed by atoms with E-state index in [4.69, 9.17) is 9.47 Å². The van der Waals surface area contributed by atoms with Gasteiger partial charge in [0.2, 0.25) is 6.79 Å². The van der Waals surface area contributed by atoms with Gasteiger partial charge < -0.3 is 9.47 Å². The van der Waals surface area contributed by atoms with Crippen LogP contribution in [0.15, 0.2) is 42.6 Å². The number of nitrogens with zero attached hydrogens (tertiary/aromatic N) is 1. The number of rotatable bonds is 3. The van der Waals surface area contributed by atoms with Crippen LogP contribution in [-0.4, -0.2) is 17.6 Å². The Morgan fingerprint density at radius 2 is 2.06 bits per heavy atom. The van der Waals surface area contributed by atoms with Gasteiger partial charge in [-0.3, -0.25) is 9.78 Å². The molecule has 2 aromatic rings. The first-order chi connectivity index (χ1) is 8.83. The van der Waals surface area contributed by atoms with Gasteiger partial charge in [0.1, 0.15) is 5.69 Å². The van der Waals surface area contributed by atoms with E-state index in [1.54, 1.807) is 24.4 Å². The predicted molar refractivity (Wildman–Crippen MR) is 64.8 cm³/mol. The number of benzene rings is 1. The van der Waals surface area contributed by atoms with Crippen molar-refractivity contribution in [3.63, 3.8) is 0 Å². The van der Waals surface area contributed by atoms with E-state index in [-0.39, 0.29) is 12.6 Å². The summed E-state index contributed by atoms with van der Waals surface area (Å²) in [5, 5.41) is 0. The topological polar surface area (TPSA) is 48.4 Å². The van der Waals surface area contributed by atoms with E-state index in [9.17, 15) is 4.79 Å². The number of Topliss-reactive ketones (excluding diaryl/α,β-unsaturated/α-hetero) is 1. The minimum Gasteiger partial charge on any atom is -0.454 e. The molecule has 0 saturated carbocycles. The fourth-order valence-electron chi connectivity index (χ4n) is 1.85. The molecule has 0 radical (unpaired) electrons. The zero-order valence-electron chi connectivity index (χ0n) is 9.63. The first-order valence-corrected chi connectivity index (χ1v) is 5.66. The van der Waals surface area contributed by atoms with Gasteiger partial charge in [-0.1, -0.05) is 12.1 Å². The first-order valence-electron chi connectivity index (χ1n) is 5.66.